The molecule has 0 saturated carbocycles. The average molecular weight is 264 g/mol. The smallest absolute Gasteiger partial charge is 0.310 e. The van der Waals surface area contributed by atoms with Gasteiger partial charge in [0.1, 0.15) is 0 Å². The van der Waals surface area contributed by atoms with E-state index in [9.17, 15) is 4.79 Å². The van der Waals surface area contributed by atoms with Gasteiger partial charge in [0.25, 0.3) is 0 Å². The zero-order valence-electron chi connectivity index (χ0n) is 12.2. The van der Waals surface area contributed by atoms with Crippen LogP contribution in [0.1, 0.15) is 71.1 Å². The van der Waals surface area contributed by atoms with Gasteiger partial charge in [-0.2, -0.15) is 0 Å². The van der Waals surface area contributed by atoms with E-state index in [0.717, 1.165) is 24.8 Å². The van der Waals surface area contributed by atoms with Gasteiger partial charge in [-0.3, -0.25) is 4.79 Å². The van der Waals surface area contributed by atoms with Crippen molar-refractivity contribution in [2.75, 3.05) is 0 Å². The second-order valence-corrected chi connectivity index (χ2v) is 5.60. The molecule has 108 valence electrons. The summed E-state index contributed by atoms with van der Waals surface area (Å²) in [5.41, 5.74) is 1.07. The van der Waals surface area contributed by atoms with Gasteiger partial charge >= 0.3 is 5.97 Å². The van der Waals surface area contributed by atoms with Crippen molar-refractivity contribution in [1.82, 2.24) is 0 Å². The fraction of sp³-hybridized carbons (Fsp3) is 0.706. The van der Waals surface area contributed by atoms with Gasteiger partial charge in [0.05, 0.1) is 5.92 Å². The van der Waals surface area contributed by atoms with Gasteiger partial charge in [0, 0.05) is 0 Å². The Balaban J connectivity index is 2.59. The molecule has 0 aromatic carbocycles. The van der Waals surface area contributed by atoms with Gasteiger partial charge in [-0.1, -0.05) is 62.3 Å². The Hall–Kier alpha value is -1.05. The number of carbonyl (C=O) groups is 1. The van der Waals surface area contributed by atoms with Crippen LogP contribution in [-0.4, -0.2) is 11.1 Å². The SMILES string of the molecule is CC(C(=O)O)C1=CC=CCCCCCCCCCC1. The van der Waals surface area contributed by atoms with Crippen molar-refractivity contribution in [1.29, 1.82) is 0 Å². The monoisotopic (exact) mass is 264 g/mol. The molecule has 1 aliphatic carbocycles. The predicted molar refractivity (Wildman–Crippen MR) is 80.2 cm³/mol. The Morgan fingerprint density at radius 2 is 1.63 bits per heavy atom. The van der Waals surface area contributed by atoms with Crippen LogP contribution in [0.2, 0.25) is 0 Å². The van der Waals surface area contributed by atoms with Gasteiger partial charge in [-0.05, 0) is 32.6 Å². The van der Waals surface area contributed by atoms with Crippen molar-refractivity contribution in [3.63, 3.8) is 0 Å². The maximum atomic E-state index is 11.1. The molecule has 0 aliphatic heterocycles. The summed E-state index contributed by atoms with van der Waals surface area (Å²) in [6.45, 7) is 1.80. The third kappa shape index (κ3) is 7.19. The number of hydrogen-bond acceptors (Lipinski definition) is 1. The molecule has 1 unspecified atom stereocenters. The van der Waals surface area contributed by atoms with Gasteiger partial charge in [0.2, 0.25) is 0 Å². The maximum Gasteiger partial charge on any atom is 0.310 e. The van der Waals surface area contributed by atoms with E-state index in [0.29, 0.717) is 0 Å². The van der Waals surface area contributed by atoms with Crippen molar-refractivity contribution >= 4 is 5.97 Å². The minimum atomic E-state index is -0.708. The highest BCUT2D eigenvalue weighted by atomic mass is 16.4. The highest BCUT2D eigenvalue weighted by Gasteiger charge is 2.15. The van der Waals surface area contributed by atoms with E-state index in [-0.39, 0.29) is 5.92 Å². The second-order valence-electron chi connectivity index (χ2n) is 5.60. The number of carboxylic acids is 1. The Morgan fingerprint density at radius 3 is 2.26 bits per heavy atom. The summed E-state index contributed by atoms with van der Waals surface area (Å²) in [6, 6.07) is 0. The lowest BCUT2D eigenvalue weighted by atomic mass is 9.94. The molecule has 0 aromatic heterocycles. The molecule has 19 heavy (non-hydrogen) atoms. The van der Waals surface area contributed by atoms with Gasteiger partial charge in [-0.25, -0.2) is 0 Å². The molecule has 2 nitrogen and oxygen atoms in total. The molecule has 0 bridgehead atoms. The van der Waals surface area contributed by atoms with E-state index >= 15 is 0 Å². The Bertz CT molecular complexity index is 315. The fourth-order valence-electron chi connectivity index (χ4n) is 2.54. The molecule has 1 atom stereocenters. The summed E-state index contributed by atoms with van der Waals surface area (Å²) in [4.78, 5) is 11.1. The van der Waals surface area contributed by atoms with Crippen LogP contribution in [-0.2, 0) is 4.79 Å². The molecule has 0 saturated heterocycles. The quantitative estimate of drug-likeness (QED) is 0.753. The van der Waals surface area contributed by atoms with Crippen molar-refractivity contribution in [3.05, 3.63) is 23.8 Å². The van der Waals surface area contributed by atoms with Crippen LogP contribution in [0.25, 0.3) is 0 Å². The highest BCUT2D eigenvalue weighted by Crippen LogP contribution is 2.20. The molecule has 0 heterocycles. The van der Waals surface area contributed by atoms with Crippen molar-refractivity contribution in [3.8, 4) is 0 Å². The highest BCUT2D eigenvalue weighted by molar-refractivity contribution is 5.73. The molecule has 0 radical (unpaired) electrons. The first-order valence-corrected chi connectivity index (χ1v) is 7.80. The van der Waals surface area contributed by atoms with Crippen molar-refractivity contribution in [2.24, 2.45) is 5.92 Å². The summed E-state index contributed by atoms with van der Waals surface area (Å²) in [6.07, 6.45) is 18.6. The molecule has 1 rings (SSSR count). The lowest BCUT2D eigenvalue weighted by Crippen LogP contribution is -2.12. The molecule has 0 aromatic rings. The summed E-state index contributed by atoms with van der Waals surface area (Å²) in [5, 5.41) is 9.14. The van der Waals surface area contributed by atoms with E-state index in [4.69, 9.17) is 5.11 Å². The molecule has 2 heteroatoms. The number of aliphatic carboxylic acids is 1. The third-order valence-electron chi connectivity index (χ3n) is 3.96. The van der Waals surface area contributed by atoms with Crippen molar-refractivity contribution in [2.45, 2.75) is 71.1 Å². The van der Waals surface area contributed by atoms with E-state index in [2.05, 4.69) is 12.2 Å². The number of allylic oxidation sites excluding steroid dienone is 3. The van der Waals surface area contributed by atoms with E-state index in [1.165, 1.54) is 44.9 Å². The van der Waals surface area contributed by atoms with Gasteiger partial charge in [0.15, 0.2) is 0 Å². The fourth-order valence-corrected chi connectivity index (χ4v) is 2.54. The first kappa shape index (κ1) is 16.0. The summed E-state index contributed by atoms with van der Waals surface area (Å²) in [7, 11) is 0. The standard InChI is InChI=1S/C17H28O2/c1-15(17(18)19)16-13-11-9-7-5-3-2-4-6-8-10-12-14-16/h9,11,13,15H,2-8,10,12,14H2,1H3,(H,18,19). The second kappa shape index (κ2) is 9.82. The van der Waals surface area contributed by atoms with Gasteiger partial charge < -0.3 is 5.11 Å². The molecular formula is C17H28O2. The van der Waals surface area contributed by atoms with Gasteiger partial charge in [-0.15, -0.1) is 0 Å². The first-order valence-electron chi connectivity index (χ1n) is 7.80. The van der Waals surface area contributed by atoms with Crippen LogP contribution in [0.4, 0.5) is 0 Å². The summed E-state index contributed by atoms with van der Waals surface area (Å²) >= 11 is 0. The van der Waals surface area contributed by atoms with Crippen LogP contribution < -0.4 is 0 Å². The average Bonchev–Trinajstić information content (AvgIpc) is 2.40. The topological polar surface area (TPSA) is 37.3 Å². The minimum absolute atomic E-state index is 0.349. The molecule has 1 aliphatic rings. The molecule has 0 amide bonds. The lowest BCUT2D eigenvalue weighted by Gasteiger charge is -2.12. The largest absolute Gasteiger partial charge is 0.481 e. The van der Waals surface area contributed by atoms with Crippen molar-refractivity contribution < 1.29 is 9.90 Å². The zero-order chi connectivity index (χ0) is 13.9. The zero-order valence-corrected chi connectivity index (χ0v) is 12.2. The molecular weight excluding hydrogens is 236 g/mol. The number of hydrogen-bond donors (Lipinski definition) is 1. The molecule has 0 fully saturated rings. The number of rotatable bonds is 2. The predicted octanol–water partition coefficient (Wildman–Crippen LogP) is 5.10. The Kier molecular flexibility index (Phi) is 8.28. The maximum absolute atomic E-state index is 11.1. The van der Waals surface area contributed by atoms with Crippen LogP contribution in [0.3, 0.4) is 0 Å². The Labute approximate surface area is 117 Å². The van der Waals surface area contributed by atoms with E-state index in [1.807, 2.05) is 6.08 Å². The molecule has 0 spiro atoms. The normalized spacial score (nSPS) is 21.2. The van der Waals surface area contributed by atoms with E-state index < -0.39 is 5.97 Å². The van der Waals surface area contributed by atoms with Crippen LogP contribution >= 0.6 is 0 Å². The third-order valence-corrected chi connectivity index (χ3v) is 3.96. The van der Waals surface area contributed by atoms with Crippen LogP contribution in [0, 0.1) is 5.92 Å². The first-order chi connectivity index (χ1) is 9.22. The van der Waals surface area contributed by atoms with Crippen LogP contribution in [0.15, 0.2) is 23.8 Å². The Morgan fingerprint density at radius 1 is 1.05 bits per heavy atom. The van der Waals surface area contributed by atoms with Crippen LogP contribution in [0.5, 0.6) is 0 Å². The minimum Gasteiger partial charge on any atom is -0.481 e. The van der Waals surface area contributed by atoms with E-state index in [1.54, 1.807) is 6.92 Å². The number of carboxylic acid groups (broad SMARTS) is 1. The summed E-state index contributed by atoms with van der Waals surface area (Å²) in [5.74, 6) is -1.06. The summed E-state index contributed by atoms with van der Waals surface area (Å²) < 4.78 is 0. The molecule has 1 N–H and O–H groups in total. The lowest BCUT2D eigenvalue weighted by molar-refractivity contribution is -0.139.